The molecule has 14 N–H and O–H groups in total. The van der Waals surface area contributed by atoms with Crippen LogP contribution >= 0.6 is 0 Å². The van der Waals surface area contributed by atoms with Crippen molar-refractivity contribution in [2.75, 3.05) is 39.5 Å². The van der Waals surface area contributed by atoms with Crippen LogP contribution in [0.4, 0.5) is 0 Å². The van der Waals surface area contributed by atoms with Gasteiger partial charge in [-0.3, -0.25) is 28.8 Å². The number of rotatable bonds is 11. The van der Waals surface area contributed by atoms with Gasteiger partial charge < -0.3 is 59.6 Å². The number of aliphatic imine (C=N–C) groups is 1. The molecule has 4 atom stereocenters. The molecule has 1 aromatic carbocycles. The average Bonchev–Trinajstić information content (AvgIpc) is 3.07. The second-order valence-electron chi connectivity index (χ2n) is 11.4. The molecule has 1 fully saturated rings. The van der Waals surface area contributed by atoms with E-state index >= 15 is 0 Å². The van der Waals surface area contributed by atoms with Crippen molar-refractivity contribution in [2.24, 2.45) is 27.9 Å². The summed E-state index contributed by atoms with van der Waals surface area (Å²) in [6.07, 6.45) is 2.82. The molecular weight excluding hydrogens is 638 g/mol. The summed E-state index contributed by atoms with van der Waals surface area (Å²) in [5, 5.41) is 15.5. The van der Waals surface area contributed by atoms with E-state index in [9.17, 15) is 28.8 Å². The third-order valence-corrected chi connectivity index (χ3v) is 7.46. The van der Waals surface area contributed by atoms with Crippen molar-refractivity contribution in [1.29, 1.82) is 0 Å². The topological polar surface area (TPSA) is 300 Å². The molecule has 0 radical (unpaired) electrons. The van der Waals surface area contributed by atoms with E-state index in [-0.39, 0.29) is 45.0 Å². The Hall–Kier alpha value is -4.81. The molecule has 0 unspecified atom stereocenters. The van der Waals surface area contributed by atoms with Crippen molar-refractivity contribution in [3.63, 3.8) is 0 Å². The van der Waals surface area contributed by atoms with E-state index in [1.165, 1.54) is 0 Å². The minimum atomic E-state index is -1.13. The molecule has 1 aliphatic rings. The number of amides is 6. The Morgan fingerprint density at radius 1 is 0.694 bits per heavy atom. The number of nitrogens with two attached hydrogens (primary N) is 4. The Balaban J connectivity index is 2.37. The summed E-state index contributed by atoms with van der Waals surface area (Å²) < 4.78 is 5.48. The molecule has 0 spiro atoms. The zero-order chi connectivity index (χ0) is 36.0. The Bertz CT molecular complexity index is 1260. The highest BCUT2D eigenvalue weighted by Gasteiger charge is 2.30. The number of unbranched alkanes of at least 4 members (excludes halogenated alkanes) is 2. The van der Waals surface area contributed by atoms with E-state index in [1.807, 2.05) is 0 Å². The molecule has 1 saturated heterocycles. The zero-order valence-electron chi connectivity index (χ0n) is 27.7. The van der Waals surface area contributed by atoms with E-state index in [4.69, 9.17) is 27.7 Å². The second-order valence-corrected chi connectivity index (χ2v) is 11.4. The van der Waals surface area contributed by atoms with Gasteiger partial charge in [-0.1, -0.05) is 30.3 Å². The molecular formula is C31H51N11O7. The summed E-state index contributed by atoms with van der Waals surface area (Å²) in [5.41, 5.74) is 23.0. The molecule has 49 heavy (non-hydrogen) atoms. The van der Waals surface area contributed by atoms with Crippen LogP contribution in [0.3, 0.4) is 0 Å². The molecule has 0 aliphatic carbocycles. The minimum Gasteiger partial charge on any atom is -0.370 e. The third-order valence-electron chi connectivity index (χ3n) is 7.46. The number of nitrogens with zero attached hydrogens (tertiary/aromatic N) is 1. The summed E-state index contributed by atoms with van der Waals surface area (Å²) in [7, 11) is 0. The van der Waals surface area contributed by atoms with Crippen molar-refractivity contribution in [2.45, 2.75) is 75.5 Å². The third kappa shape index (κ3) is 16.2. The molecule has 1 aliphatic heterocycles. The first-order chi connectivity index (χ1) is 23.5. The zero-order valence-corrected chi connectivity index (χ0v) is 27.7. The van der Waals surface area contributed by atoms with Gasteiger partial charge in [0.1, 0.15) is 30.9 Å². The fourth-order valence-corrected chi connectivity index (χ4v) is 4.85. The first-order valence-electron chi connectivity index (χ1n) is 16.4. The molecule has 1 aromatic rings. The van der Waals surface area contributed by atoms with Crippen LogP contribution in [0.25, 0.3) is 0 Å². The van der Waals surface area contributed by atoms with Gasteiger partial charge in [-0.05, 0) is 57.2 Å². The number of carbonyl (C=O) groups is 6. The van der Waals surface area contributed by atoms with Gasteiger partial charge in [0, 0.05) is 12.8 Å². The van der Waals surface area contributed by atoms with Crippen LogP contribution in [0.15, 0.2) is 35.3 Å². The van der Waals surface area contributed by atoms with Gasteiger partial charge in [-0.15, -0.1) is 0 Å². The standard InChI is InChI=1S/C31H51N11O7/c32-13-6-4-10-21-28(46)38-19-49-15-12-23(42-31(34)35)27(45)37-17-25(43)36-18-26(44)39-24(16-20-8-2-1-3-9-20)30(48)41-22(29(47)40-21)11-5-7-14-33/h1-3,8-9,21-24H,4-7,10-19,32-33H2,(H,36,43)(H,37,45)(H,38,46)(H,39,44)(H,40,47)(H,41,48)(H4,34,35,42)/t21-,22-,23+,24-/m0/s1. The fourth-order valence-electron chi connectivity index (χ4n) is 4.85. The number of benzene rings is 1. The lowest BCUT2D eigenvalue weighted by Crippen LogP contribution is -2.57. The summed E-state index contributed by atoms with van der Waals surface area (Å²) in [6.45, 7) is -0.520. The Morgan fingerprint density at radius 2 is 1.29 bits per heavy atom. The van der Waals surface area contributed by atoms with Gasteiger partial charge in [-0.2, -0.15) is 0 Å². The smallest absolute Gasteiger partial charge is 0.245 e. The van der Waals surface area contributed by atoms with Crippen LogP contribution in [-0.4, -0.2) is 105 Å². The Labute approximate surface area is 285 Å². The van der Waals surface area contributed by atoms with Crippen molar-refractivity contribution >= 4 is 41.4 Å². The van der Waals surface area contributed by atoms with E-state index in [0.29, 0.717) is 38.8 Å². The highest BCUT2D eigenvalue weighted by atomic mass is 16.5. The van der Waals surface area contributed by atoms with Crippen molar-refractivity contribution < 1.29 is 33.5 Å². The molecule has 2 rings (SSSR count). The minimum absolute atomic E-state index is 0.00722. The molecule has 0 aromatic heterocycles. The molecule has 18 heteroatoms. The van der Waals surface area contributed by atoms with Gasteiger partial charge in [0.15, 0.2) is 5.96 Å². The predicted molar refractivity (Wildman–Crippen MR) is 181 cm³/mol. The van der Waals surface area contributed by atoms with Gasteiger partial charge in [0.25, 0.3) is 0 Å². The van der Waals surface area contributed by atoms with Crippen LogP contribution in [0.2, 0.25) is 0 Å². The van der Waals surface area contributed by atoms with Crippen molar-refractivity contribution in [1.82, 2.24) is 31.9 Å². The largest absolute Gasteiger partial charge is 0.370 e. The van der Waals surface area contributed by atoms with Gasteiger partial charge >= 0.3 is 0 Å². The van der Waals surface area contributed by atoms with Crippen LogP contribution in [0.1, 0.15) is 50.5 Å². The maximum Gasteiger partial charge on any atom is 0.245 e. The first kappa shape index (κ1) is 40.4. The Kier molecular flexibility index (Phi) is 18.7. The quantitative estimate of drug-likeness (QED) is 0.0613. The maximum absolute atomic E-state index is 13.7. The van der Waals surface area contributed by atoms with E-state index in [1.54, 1.807) is 30.3 Å². The monoisotopic (exact) mass is 689 g/mol. The fraction of sp³-hybridized carbons (Fsp3) is 0.581. The van der Waals surface area contributed by atoms with Gasteiger partial charge in [-0.25, -0.2) is 4.99 Å². The number of nitrogens with one attached hydrogen (secondary N) is 6. The van der Waals surface area contributed by atoms with Crippen molar-refractivity contribution in [3.05, 3.63) is 35.9 Å². The van der Waals surface area contributed by atoms with Crippen LogP contribution in [-0.2, 0) is 39.9 Å². The number of hydrogen-bond donors (Lipinski definition) is 10. The van der Waals surface area contributed by atoms with E-state index in [2.05, 4.69) is 36.9 Å². The first-order valence-corrected chi connectivity index (χ1v) is 16.4. The molecule has 18 nitrogen and oxygen atoms in total. The average molecular weight is 690 g/mol. The number of ether oxygens (including phenoxy) is 1. The lowest BCUT2D eigenvalue weighted by Gasteiger charge is -2.26. The highest BCUT2D eigenvalue weighted by Crippen LogP contribution is 2.08. The lowest BCUT2D eigenvalue weighted by molar-refractivity contribution is -0.134. The summed E-state index contributed by atoms with van der Waals surface area (Å²) in [6, 6.07) is 4.66. The van der Waals surface area contributed by atoms with E-state index in [0.717, 1.165) is 5.56 Å². The number of carbonyl (C=O) groups excluding carboxylic acids is 6. The molecule has 0 saturated carbocycles. The van der Waals surface area contributed by atoms with E-state index < -0.39 is 72.7 Å². The number of hydrogen-bond acceptors (Lipinski definition) is 10. The highest BCUT2D eigenvalue weighted by molar-refractivity contribution is 5.95. The predicted octanol–water partition coefficient (Wildman–Crippen LogP) is -3.69. The number of guanidine groups is 1. The SMILES string of the molecule is NCCCC[C@@H]1NC(=O)[C@H](CCCCN)NC(=O)[C@H](Cc2ccccc2)NC(=O)CNC(=O)CNC(=O)[C@H](N=C(N)N)CCOCNC1=O. The van der Waals surface area contributed by atoms with Gasteiger partial charge in [0.2, 0.25) is 35.4 Å². The van der Waals surface area contributed by atoms with Crippen LogP contribution in [0.5, 0.6) is 0 Å². The summed E-state index contributed by atoms with van der Waals surface area (Å²) >= 11 is 0. The lowest BCUT2D eigenvalue weighted by atomic mass is 10.0. The molecule has 1 heterocycles. The molecule has 6 amide bonds. The molecule has 272 valence electrons. The molecule has 0 bridgehead atoms. The van der Waals surface area contributed by atoms with Crippen molar-refractivity contribution in [3.8, 4) is 0 Å². The normalized spacial score (nSPS) is 22.5. The second kappa shape index (κ2) is 22.7. The summed E-state index contributed by atoms with van der Waals surface area (Å²) in [4.78, 5) is 82.4. The summed E-state index contributed by atoms with van der Waals surface area (Å²) in [5.74, 6) is -4.17. The van der Waals surface area contributed by atoms with Crippen LogP contribution in [0, 0.1) is 0 Å². The Morgan fingerprint density at radius 3 is 1.90 bits per heavy atom. The maximum atomic E-state index is 13.7. The van der Waals surface area contributed by atoms with Gasteiger partial charge in [0.05, 0.1) is 19.7 Å². The van der Waals surface area contributed by atoms with Crippen LogP contribution < -0.4 is 54.8 Å².